The third-order valence-electron chi connectivity index (χ3n) is 5.22. The van der Waals surface area contributed by atoms with Gasteiger partial charge in [0.05, 0.1) is 11.0 Å². The molecule has 1 fully saturated rings. The SMILES string of the molecule is CCc1cnc(N2CCN(C(C)c3ccc4nccnc4c3)CC2)nc1. The van der Waals surface area contributed by atoms with E-state index >= 15 is 0 Å². The lowest BCUT2D eigenvalue weighted by molar-refractivity contribution is 0.198. The van der Waals surface area contributed by atoms with Crippen LogP contribution in [0.15, 0.2) is 43.0 Å². The van der Waals surface area contributed by atoms with Crippen molar-refractivity contribution in [3.05, 3.63) is 54.1 Å². The van der Waals surface area contributed by atoms with Crippen molar-refractivity contribution in [1.29, 1.82) is 0 Å². The Bertz CT molecular complexity index is 871. The number of aromatic nitrogens is 4. The number of piperazine rings is 1. The molecule has 26 heavy (non-hydrogen) atoms. The van der Waals surface area contributed by atoms with Crippen LogP contribution in [0.5, 0.6) is 0 Å². The molecule has 3 aromatic rings. The predicted octanol–water partition coefficient (Wildman–Crippen LogP) is 2.87. The highest BCUT2D eigenvalue weighted by molar-refractivity contribution is 5.74. The molecule has 6 nitrogen and oxygen atoms in total. The molecule has 1 aliphatic rings. The van der Waals surface area contributed by atoms with Crippen molar-refractivity contribution in [3.8, 4) is 0 Å². The number of fused-ring (bicyclic) bond motifs is 1. The molecule has 0 N–H and O–H groups in total. The van der Waals surface area contributed by atoms with E-state index in [-0.39, 0.29) is 0 Å². The summed E-state index contributed by atoms with van der Waals surface area (Å²) in [5.41, 5.74) is 4.37. The van der Waals surface area contributed by atoms with Gasteiger partial charge in [-0.1, -0.05) is 13.0 Å². The van der Waals surface area contributed by atoms with Gasteiger partial charge in [0.25, 0.3) is 0 Å². The monoisotopic (exact) mass is 348 g/mol. The molecule has 1 aliphatic heterocycles. The largest absolute Gasteiger partial charge is 0.338 e. The third kappa shape index (κ3) is 3.37. The van der Waals surface area contributed by atoms with E-state index in [0.29, 0.717) is 6.04 Å². The topological polar surface area (TPSA) is 58.0 Å². The Morgan fingerprint density at radius 2 is 1.62 bits per heavy atom. The van der Waals surface area contributed by atoms with E-state index in [1.54, 1.807) is 12.4 Å². The Hall–Kier alpha value is -2.60. The first kappa shape index (κ1) is 16.8. The summed E-state index contributed by atoms with van der Waals surface area (Å²) in [4.78, 5) is 22.6. The fourth-order valence-corrected chi connectivity index (χ4v) is 3.45. The fraction of sp³-hybridized carbons (Fsp3) is 0.400. The molecule has 0 saturated carbocycles. The number of anilines is 1. The maximum absolute atomic E-state index is 4.52. The molecule has 0 radical (unpaired) electrons. The number of aryl methyl sites for hydroxylation is 1. The molecule has 1 saturated heterocycles. The average Bonchev–Trinajstić information content (AvgIpc) is 2.73. The summed E-state index contributed by atoms with van der Waals surface area (Å²) in [5, 5.41) is 0. The number of nitrogens with zero attached hydrogens (tertiary/aromatic N) is 6. The molecular formula is C20H24N6. The van der Waals surface area contributed by atoms with Gasteiger partial charge >= 0.3 is 0 Å². The first-order valence-electron chi connectivity index (χ1n) is 9.25. The molecule has 3 heterocycles. The minimum atomic E-state index is 0.354. The van der Waals surface area contributed by atoms with Crippen LogP contribution in [-0.2, 0) is 6.42 Å². The number of benzene rings is 1. The summed E-state index contributed by atoms with van der Waals surface area (Å²) >= 11 is 0. The molecular weight excluding hydrogens is 324 g/mol. The average molecular weight is 348 g/mol. The van der Waals surface area contributed by atoms with Crippen LogP contribution >= 0.6 is 0 Å². The van der Waals surface area contributed by atoms with Crippen LogP contribution in [0.4, 0.5) is 5.95 Å². The van der Waals surface area contributed by atoms with Crippen molar-refractivity contribution >= 4 is 17.0 Å². The van der Waals surface area contributed by atoms with Crippen molar-refractivity contribution in [1.82, 2.24) is 24.8 Å². The highest BCUT2D eigenvalue weighted by atomic mass is 15.3. The molecule has 0 spiro atoms. The lowest BCUT2D eigenvalue weighted by Gasteiger charge is -2.38. The van der Waals surface area contributed by atoms with Crippen molar-refractivity contribution in [2.45, 2.75) is 26.3 Å². The van der Waals surface area contributed by atoms with Crippen molar-refractivity contribution in [2.24, 2.45) is 0 Å². The van der Waals surface area contributed by atoms with E-state index in [0.717, 1.165) is 49.6 Å². The second-order valence-electron chi connectivity index (χ2n) is 6.75. The van der Waals surface area contributed by atoms with Gasteiger partial charge in [0.2, 0.25) is 5.95 Å². The predicted molar refractivity (Wildman–Crippen MR) is 103 cm³/mol. The summed E-state index contributed by atoms with van der Waals surface area (Å²) < 4.78 is 0. The second kappa shape index (κ2) is 7.33. The lowest BCUT2D eigenvalue weighted by Crippen LogP contribution is -2.47. The van der Waals surface area contributed by atoms with Crippen LogP contribution in [0.2, 0.25) is 0 Å². The highest BCUT2D eigenvalue weighted by Gasteiger charge is 2.23. The molecule has 2 aromatic heterocycles. The zero-order valence-corrected chi connectivity index (χ0v) is 15.3. The van der Waals surface area contributed by atoms with Gasteiger partial charge in [-0.05, 0) is 36.6 Å². The highest BCUT2D eigenvalue weighted by Crippen LogP contribution is 2.24. The molecule has 0 bridgehead atoms. The van der Waals surface area contributed by atoms with Crippen LogP contribution in [0, 0.1) is 0 Å². The maximum atomic E-state index is 4.52. The standard InChI is InChI=1S/C20H24N6/c1-3-16-13-23-20(24-14-16)26-10-8-25(9-11-26)15(2)17-4-5-18-19(12-17)22-7-6-21-18/h4-7,12-15H,3,8-11H2,1-2H3. The van der Waals surface area contributed by atoms with Crippen molar-refractivity contribution in [3.63, 3.8) is 0 Å². The van der Waals surface area contributed by atoms with Crippen LogP contribution in [0.1, 0.15) is 31.0 Å². The number of hydrogen-bond acceptors (Lipinski definition) is 6. The summed E-state index contributed by atoms with van der Waals surface area (Å²) in [6.07, 6.45) is 8.34. The van der Waals surface area contributed by atoms with Crippen LogP contribution in [0.25, 0.3) is 11.0 Å². The van der Waals surface area contributed by atoms with Gasteiger partial charge in [-0.2, -0.15) is 0 Å². The van der Waals surface area contributed by atoms with Crippen molar-refractivity contribution in [2.75, 3.05) is 31.1 Å². The van der Waals surface area contributed by atoms with Crippen LogP contribution in [0.3, 0.4) is 0 Å². The summed E-state index contributed by atoms with van der Waals surface area (Å²) in [6.45, 7) is 8.28. The molecule has 0 aliphatic carbocycles. The molecule has 1 aromatic carbocycles. The minimum Gasteiger partial charge on any atom is -0.338 e. The van der Waals surface area contributed by atoms with E-state index in [1.807, 2.05) is 12.4 Å². The molecule has 1 unspecified atom stereocenters. The minimum absolute atomic E-state index is 0.354. The van der Waals surface area contributed by atoms with Gasteiger partial charge in [-0.25, -0.2) is 9.97 Å². The lowest BCUT2D eigenvalue weighted by atomic mass is 10.1. The van der Waals surface area contributed by atoms with Gasteiger partial charge in [0.1, 0.15) is 0 Å². The van der Waals surface area contributed by atoms with Gasteiger partial charge in [0, 0.05) is 57.0 Å². The fourth-order valence-electron chi connectivity index (χ4n) is 3.45. The number of hydrogen-bond donors (Lipinski definition) is 0. The zero-order chi connectivity index (χ0) is 17.9. The zero-order valence-electron chi connectivity index (χ0n) is 15.3. The first-order valence-corrected chi connectivity index (χ1v) is 9.25. The Morgan fingerprint density at radius 3 is 2.31 bits per heavy atom. The van der Waals surface area contributed by atoms with E-state index in [2.05, 4.69) is 61.8 Å². The van der Waals surface area contributed by atoms with Crippen molar-refractivity contribution < 1.29 is 0 Å². The van der Waals surface area contributed by atoms with Gasteiger partial charge < -0.3 is 4.90 Å². The quantitative estimate of drug-likeness (QED) is 0.723. The molecule has 0 amide bonds. The van der Waals surface area contributed by atoms with E-state index < -0.39 is 0 Å². The second-order valence-corrected chi connectivity index (χ2v) is 6.75. The first-order chi connectivity index (χ1) is 12.7. The number of rotatable bonds is 4. The molecule has 134 valence electrons. The Labute approximate surface area is 153 Å². The van der Waals surface area contributed by atoms with Gasteiger partial charge in [-0.15, -0.1) is 0 Å². The van der Waals surface area contributed by atoms with Crippen LogP contribution < -0.4 is 4.90 Å². The Kier molecular flexibility index (Phi) is 4.75. The van der Waals surface area contributed by atoms with E-state index in [4.69, 9.17) is 0 Å². The van der Waals surface area contributed by atoms with E-state index in [1.165, 1.54) is 11.1 Å². The Morgan fingerprint density at radius 1 is 0.923 bits per heavy atom. The Balaban J connectivity index is 1.42. The summed E-state index contributed by atoms with van der Waals surface area (Å²) in [7, 11) is 0. The third-order valence-corrected chi connectivity index (χ3v) is 5.22. The normalized spacial score (nSPS) is 16.8. The molecule has 1 atom stereocenters. The molecule has 4 rings (SSSR count). The van der Waals surface area contributed by atoms with Gasteiger partial charge in [0.15, 0.2) is 0 Å². The van der Waals surface area contributed by atoms with Gasteiger partial charge in [-0.3, -0.25) is 14.9 Å². The summed E-state index contributed by atoms with van der Waals surface area (Å²) in [5.74, 6) is 0.843. The summed E-state index contributed by atoms with van der Waals surface area (Å²) in [6, 6.07) is 6.74. The molecule has 6 heteroatoms. The maximum Gasteiger partial charge on any atom is 0.225 e. The van der Waals surface area contributed by atoms with Crippen LogP contribution in [-0.4, -0.2) is 51.0 Å². The smallest absolute Gasteiger partial charge is 0.225 e. The van der Waals surface area contributed by atoms with E-state index in [9.17, 15) is 0 Å².